The number of nitrogens with one attached hydrogen (secondary N) is 2. The first-order valence-electron chi connectivity index (χ1n) is 7.38. The number of hydrogen-bond acceptors (Lipinski definition) is 3. The molecular weight excluding hydrogens is 226 g/mol. The molecule has 4 heteroatoms. The fourth-order valence-electron chi connectivity index (χ4n) is 3.04. The molecule has 1 amide bonds. The highest BCUT2D eigenvalue weighted by Gasteiger charge is 2.22. The molecule has 0 aromatic carbocycles. The van der Waals surface area contributed by atoms with E-state index >= 15 is 0 Å². The fourth-order valence-corrected chi connectivity index (χ4v) is 3.04. The van der Waals surface area contributed by atoms with Gasteiger partial charge in [-0.05, 0) is 38.5 Å². The van der Waals surface area contributed by atoms with Crippen molar-refractivity contribution < 1.29 is 4.79 Å². The van der Waals surface area contributed by atoms with E-state index in [1.165, 1.54) is 12.8 Å². The molecule has 0 bridgehead atoms. The Morgan fingerprint density at radius 2 is 2.00 bits per heavy atom. The highest BCUT2D eigenvalue weighted by atomic mass is 16.2. The summed E-state index contributed by atoms with van der Waals surface area (Å²) in [5.41, 5.74) is 0. The van der Waals surface area contributed by atoms with E-state index < -0.39 is 0 Å². The van der Waals surface area contributed by atoms with Crippen molar-refractivity contribution in [2.75, 3.05) is 26.2 Å². The van der Waals surface area contributed by atoms with Crippen molar-refractivity contribution in [2.45, 2.75) is 51.6 Å². The Balaban J connectivity index is 1.68. The summed E-state index contributed by atoms with van der Waals surface area (Å²) in [7, 11) is 0. The number of rotatable bonds is 3. The van der Waals surface area contributed by atoms with Crippen LogP contribution in [0.15, 0.2) is 0 Å². The van der Waals surface area contributed by atoms with Crippen LogP contribution in [0.25, 0.3) is 0 Å². The van der Waals surface area contributed by atoms with E-state index in [1.54, 1.807) is 0 Å². The van der Waals surface area contributed by atoms with Gasteiger partial charge in [0, 0.05) is 31.7 Å². The van der Waals surface area contributed by atoms with Gasteiger partial charge in [0.2, 0.25) is 5.91 Å². The molecule has 1 atom stereocenters. The van der Waals surface area contributed by atoms with Crippen molar-refractivity contribution in [3.63, 3.8) is 0 Å². The summed E-state index contributed by atoms with van der Waals surface area (Å²) < 4.78 is 0. The highest BCUT2D eigenvalue weighted by Crippen LogP contribution is 2.23. The average molecular weight is 253 g/mol. The van der Waals surface area contributed by atoms with Crippen LogP contribution in [0.4, 0.5) is 0 Å². The standard InChI is InChI=1S/C14H27N3O/c1-11-3-5-13(6-4-11)16-14(18)10-17-8-7-15-12(2)9-17/h11-13,15H,3-10H2,1-2H3,(H,16,18). The zero-order valence-electron chi connectivity index (χ0n) is 11.7. The van der Waals surface area contributed by atoms with Crippen LogP contribution in [-0.2, 0) is 4.79 Å². The summed E-state index contributed by atoms with van der Waals surface area (Å²) in [6.07, 6.45) is 4.83. The van der Waals surface area contributed by atoms with Crippen molar-refractivity contribution >= 4 is 5.91 Å². The van der Waals surface area contributed by atoms with Gasteiger partial charge < -0.3 is 10.6 Å². The van der Waals surface area contributed by atoms with Crippen LogP contribution < -0.4 is 10.6 Å². The van der Waals surface area contributed by atoms with Crippen LogP contribution in [0.2, 0.25) is 0 Å². The van der Waals surface area contributed by atoms with E-state index in [9.17, 15) is 4.79 Å². The summed E-state index contributed by atoms with van der Waals surface area (Å²) in [6, 6.07) is 0.927. The van der Waals surface area contributed by atoms with Crippen LogP contribution in [0.3, 0.4) is 0 Å². The summed E-state index contributed by atoms with van der Waals surface area (Å²) in [5, 5.41) is 6.60. The Bertz CT molecular complexity index is 274. The average Bonchev–Trinajstić information content (AvgIpc) is 2.32. The molecule has 0 spiro atoms. The van der Waals surface area contributed by atoms with Crippen LogP contribution in [-0.4, -0.2) is 49.1 Å². The molecule has 104 valence electrons. The minimum atomic E-state index is 0.212. The molecule has 2 N–H and O–H groups in total. The normalized spacial score (nSPS) is 34.2. The molecule has 2 fully saturated rings. The van der Waals surface area contributed by atoms with Crippen LogP contribution in [0.1, 0.15) is 39.5 Å². The second-order valence-corrected chi connectivity index (χ2v) is 6.11. The molecule has 0 aromatic rings. The molecule has 2 aliphatic rings. The van der Waals surface area contributed by atoms with Crippen molar-refractivity contribution in [3.8, 4) is 0 Å². The Labute approximate surface area is 110 Å². The van der Waals surface area contributed by atoms with E-state index in [0.29, 0.717) is 18.6 Å². The molecule has 1 heterocycles. The van der Waals surface area contributed by atoms with E-state index in [0.717, 1.165) is 38.4 Å². The predicted molar refractivity (Wildman–Crippen MR) is 73.5 cm³/mol. The van der Waals surface area contributed by atoms with Gasteiger partial charge in [-0.25, -0.2) is 0 Å². The Morgan fingerprint density at radius 1 is 1.28 bits per heavy atom. The van der Waals surface area contributed by atoms with Crippen LogP contribution in [0, 0.1) is 5.92 Å². The first kappa shape index (κ1) is 13.8. The molecule has 1 aliphatic heterocycles. The molecule has 0 aromatic heterocycles. The van der Waals surface area contributed by atoms with Gasteiger partial charge in [-0.1, -0.05) is 6.92 Å². The van der Waals surface area contributed by atoms with E-state index in [1.807, 2.05) is 0 Å². The maximum absolute atomic E-state index is 12.0. The first-order chi connectivity index (χ1) is 8.63. The van der Waals surface area contributed by atoms with Gasteiger partial charge in [-0.2, -0.15) is 0 Å². The number of amides is 1. The Kier molecular flexibility index (Phi) is 5.01. The third-order valence-corrected chi connectivity index (χ3v) is 4.20. The van der Waals surface area contributed by atoms with Gasteiger partial charge in [-0.15, -0.1) is 0 Å². The third kappa shape index (κ3) is 4.25. The summed E-state index contributed by atoms with van der Waals surface area (Å²) in [5.74, 6) is 1.05. The topological polar surface area (TPSA) is 44.4 Å². The van der Waals surface area contributed by atoms with Crippen molar-refractivity contribution in [1.29, 1.82) is 0 Å². The van der Waals surface area contributed by atoms with E-state index in [2.05, 4.69) is 29.4 Å². The van der Waals surface area contributed by atoms with Gasteiger partial charge >= 0.3 is 0 Å². The molecule has 1 unspecified atom stereocenters. The monoisotopic (exact) mass is 253 g/mol. The Hall–Kier alpha value is -0.610. The number of carbonyl (C=O) groups is 1. The van der Waals surface area contributed by atoms with Gasteiger partial charge in [0.15, 0.2) is 0 Å². The van der Waals surface area contributed by atoms with Crippen LogP contribution >= 0.6 is 0 Å². The molecular formula is C14H27N3O. The molecule has 4 nitrogen and oxygen atoms in total. The second-order valence-electron chi connectivity index (χ2n) is 6.11. The van der Waals surface area contributed by atoms with Gasteiger partial charge in [0.25, 0.3) is 0 Å². The molecule has 1 aliphatic carbocycles. The SMILES string of the molecule is CC1CCC(NC(=O)CN2CCNC(C)C2)CC1. The first-order valence-corrected chi connectivity index (χ1v) is 7.38. The lowest BCUT2D eigenvalue weighted by Crippen LogP contribution is -2.52. The molecule has 18 heavy (non-hydrogen) atoms. The lowest BCUT2D eigenvalue weighted by atomic mass is 9.87. The van der Waals surface area contributed by atoms with Gasteiger partial charge in [-0.3, -0.25) is 9.69 Å². The molecule has 1 saturated carbocycles. The lowest BCUT2D eigenvalue weighted by molar-refractivity contribution is -0.123. The molecule has 0 radical (unpaired) electrons. The minimum Gasteiger partial charge on any atom is -0.352 e. The zero-order valence-corrected chi connectivity index (χ0v) is 11.7. The molecule has 2 rings (SSSR count). The minimum absolute atomic E-state index is 0.212. The largest absolute Gasteiger partial charge is 0.352 e. The second kappa shape index (κ2) is 6.53. The number of hydrogen-bond donors (Lipinski definition) is 2. The van der Waals surface area contributed by atoms with Crippen molar-refractivity contribution in [3.05, 3.63) is 0 Å². The summed E-state index contributed by atoms with van der Waals surface area (Å²) in [4.78, 5) is 14.2. The number of nitrogens with zero attached hydrogens (tertiary/aromatic N) is 1. The summed E-state index contributed by atoms with van der Waals surface area (Å²) >= 11 is 0. The number of carbonyl (C=O) groups excluding carboxylic acids is 1. The predicted octanol–water partition coefficient (Wildman–Crippen LogP) is 0.975. The van der Waals surface area contributed by atoms with Crippen molar-refractivity contribution in [1.82, 2.24) is 15.5 Å². The maximum Gasteiger partial charge on any atom is 0.234 e. The summed E-state index contributed by atoms with van der Waals surface area (Å²) in [6.45, 7) is 8.01. The van der Waals surface area contributed by atoms with Crippen LogP contribution in [0.5, 0.6) is 0 Å². The van der Waals surface area contributed by atoms with E-state index in [-0.39, 0.29) is 5.91 Å². The number of piperazine rings is 1. The van der Waals surface area contributed by atoms with E-state index in [4.69, 9.17) is 0 Å². The quantitative estimate of drug-likeness (QED) is 0.788. The van der Waals surface area contributed by atoms with Gasteiger partial charge in [0.05, 0.1) is 6.54 Å². The maximum atomic E-state index is 12.0. The Morgan fingerprint density at radius 3 is 2.67 bits per heavy atom. The smallest absolute Gasteiger partial charge is 0.234 e. The fraction of sp³-hybridized carbons (Fsp3) is 0.929. The van der Waals surface area contributed by atoms with Crippen molar-refractivity contribution in [2.24, 2.45) is 5.92 Å². The molecule has 1 saturated heterocycles. The van der Waals surface area contributed by atoms with Gasteiger partial charge in [0.1, 0.15) is 0 Å². The highest BCUT2D eigenvalue weighted by molar-refractivity contribution is 5.78. The lowest BCUT2D eigenvalue weighted by Gasteiger charge is -2.32. The zero-order chi connectivity index (χ0) is 13.0. The third-order valence-electron chi connectivity index (χ3n) is 4.20.